The summed E-state index contributed by atoms with van der Waals surface area (Å²) in [5.74, 6) is 2.36. The zero-order valence-electron chi connectivity index (χ0n) is 18.5. The number of fused-ring (bicyclic) bond motifs is 1. The number of carbonyl (C=O) groups is 2. The lowest BCUT2D eigenvalue weighted by Crippen LogP contribution is -2.42. The Bertz CT molecular complexity index is 1140. The summed E-state index contributed by atoms with van der Waals surface area (Å²) in [7, 11) is 0. The van der Waals surface area contributed by atoms with Crippen LogP contribution in [0.2, 0.25) is 0 Å². The van der Waals surface area contributed by atoms with Crippen LogP contribution in [0.3, 0.4) is 0 Å². The van der Waals surface area contributed by atoms with E-state index in [0.717, 1.165) is 11.3 Å². The highest BCUT2D eigenvalue weighted by Gasteiger charge is 2.23. The molecule has 3 aromatic rings. The lowest BCUT2D eigenvalue weighted by molar-refractivity contribution is -0.133. The first-order valence-corrected chi connectivity index (χ1v) is 10.7. The van der Waals surface area contributed by atoms with Crippen LogP contribution in [0.25, 0.3) is 0 Å². The fourth-order valence-electron chi connectivity index (χ4n) is 3.65. The van der Waals surface area contributed by atoms with Crippen molar-refractivity contribution in [1.82, 2.24) is 9.80 Å². The average Bonchev–Trinajstić information content (AvgIpc) is 3.46. The van der Waals surface area contributed by atoms with Crippen LogP contribution in [0.4, 0.5) is 0 Å². The number of ether oxygens (including phenoxy) is 2. The number of amides is 2. The summed E-state index contributed by atoms with van der Waals surface area (Å²) in [5.41, 5.74) is 1.41. The molecule has 1 aliphatic heterocycles. The highest BCUT2D eigenvalue weighted by molar-refractivity contribution is 5.96. The Balaban J connectivity index is 1.54. The Labute approximate surface area is 192 Å². The smallest absolute Gasteiger partial charge is 0.254 e. The van der Waals surface area contributed by atoms with E-state index in [0.29, 0.717) is 29.4 Å². The number of hydrogen-bond acceptors (Lipinski definition) is 5. The van der Waals surface area contributed by atoms with Gasteiger partial charge in [-0.05, 0) is 48.9 Å². The van der Waals surface area contributed by atoms with Gasteiger partial charge in [0.25, 0.3) is 5.91 Å². The Morgan fingerprint density at radius 3 is 2.48 bits per heavy atom. The summed E-state index contributed by atoms with van der Waals surface area (Å²) in [6, 6.07) is 18.2. The molecule has 0 fully saturated rings. The van der Waals surface area contributed by atoms with Crippen molar-refractivity contribution in [2.24, 2.45) is 0 Å². The van der Waals surface area contributed by atoms with E-state index in [1.165, 1.54) is 4.90 Å². The van der Waals surface area contributed by atoms with Gasteiger partial charge in [0.15, 0.2) is 11.5 Å². The second kappa shape index (κ2) is 10.1. The number of benzene rings is 2. The van der Waals surface area contributed by atoms with Crippen LogP contribution < -0.4 is 9.47 Å². The SMILES string of the molecule is C=CCN(CC(=O)N(Cc1ccc2c(c1)OCO2)Cc1ccc(C)o1)C(=O)c1ccccc1. The third-order valence-electron chi connectivity index (χ3n) is 5.29. The highest BCUT2D eigenvalue weighted by Crippen LogP contribution is 2.33. The summed E-state index contributed by atoms with van der Waals surface area (Å²) < 4.78 is 16.6. The molecule has 2 amide bonds. The van der Waals surface area contributed by atoms with Crippen molar-refractivity contribution in [3.63, 3.8) is 0 Å². The molecule has 0 unspecified atom stereocenters. The highest BCUT2D eigenvalue weighted by atomic mass is 16.7. The van der Waals surface area contributed by atoms with Crippen LogP contribution in [0.1, 0.15) is 27.4 Å². The van der Waals surface area contributed by atoms with Gasteiger partial charge >= 0.3 is 0 Å². The second-order valence-electron chi connectivity index (χ2n) is 7.79. The number of hydrogen-bond donors (Lipinski definition) is 0. The number of nitrogens with zero attached hydrogens (tertiary/aromatic N) is 2. The Morgan fingerprint density at radius 2 is 1.76 bits per heavy atom. The van der Waals surface area contributed by atoms with Gasteiger partial charge in [-0.15, -0.1) is 6.58 Å². The molecule has 2 heterocycles. The molecule has 1 aromatic heterocycles. The average molecular weight is 447 g/mol. The molecule has 0 radical (unpaired) electrons. The molecule has 0 atom stereocenters. The van der Waals surface area contributed by atoms with Gasteiger partial charge in [0.1, 0.15) is 18.1 Å². The summed E-state index contributed by atoms with van der Waals surface area (Å²) in [6.45, 7) is 6.58. The molecule has 0 aliphatic carbocycles. The molecule has 0 N–H and O–H groups in total. The Kier molecular flexibility index (Phi) is 6.78. The number of aryl methyl sites for hydroxylation is 1. The minimum Gasteiger partial charge on any atom is -0.464 e. The van der Waals surface area contributed by atoms with Crippen molar-refractivity contribution in [2.75, 3.05) is 19.9 Å². The van der Waals surface area contributed by atoms with Crippen molar-refractivity contribution in [3.05, 3.63) is 96.0 Å². The minimum atomic E-state index is -0.222. The fraction of sp³-hybridized carbons (Fsp3) is 0.231. The molecule has 0 bridgehead atoms. The van der Waals surface area contributed by atoms with Crippen LogP contribution in [-0.4, -0.2) is 41.5 Å². The first kappa shape index (κ1) is 22.2. The van der Waals surface area contributed by atoms with Crippen LogP contribution in [0.15, 0.2) is 77.7 Å². The van der Waals surface area contributed by atoms with Gasteiger partial charge in [0, 0.05) is 18.7 Å². The summed E-state index contributed by atoms with van der Waals surface area (Å²) >= 11 is 0. The van der Waals surface area contributed by atoms with E-state index < -0.39 is 0 Å². The first-order valence-electron chi connectivity index (χ1n) is 10.7. The van der Waals surface area contributed by atoms with E-state index in [2.05, 4.69) is 6.58 Å². The van der Waals surface area contributed by atoms with Crippen molar-refractivity contribution in [2.45, 2.75) is 20.0 Å². The Morgan fingerprint density at radius 1 is 0.970 bits per heavy atom. The molecular formula is C26H26N2O5. The molecule has 0 spiro atoms. The maximum Gasteiger partial charge on any atom is 0.254 e. The maximum atomic E-state index is 13.4. The Hall–Kier alpha value is -4.00. The lowest BCUT2D eigenvalue weighted by atomic mass is 10.1. The molecule has 1 aliphatic rings. The zero-order valence-corrected chi connectivity index (χ0v) is 18.5. The topological polar surface area (TPSA) is 72.2 Å². The molecule has 33 heavy (non-hydrogen) atoms. The van der Waals surface area contributed by atoms with E-state index in [-0.39, 0.29) is 38.2 Å². The zero-order chi connectivity index (χ0) is 23.2. The van der Waals surface area contributed by atoms with Crippen molar-refractivity contribution in [1.29, 1.82) is 0 Å². The standard InChI is InChI=1S/C26H26N2O5/c1-3-13-27(26(30)21-7-5-4-6-8-21)17-25(29)28(16-22-11-9-19(2)33-22)15-20-10-12-23-24(14-20)32-18-31-23/h3-12,14H,1,13,15-18H2,2H3. The van der Waals surface area contributed by atoms with Gasteiger partial charge in [-0.3, -0.25) is 9.59 Å². The van der Waals surface area contributed by atoms with Gasteiger partial charge in [0.2, 0.25) is 12.7 Å². The van der Waals surface area contributed by atoms with Crippen molar-refractivity contribution < 1.29 is 23.5 Å². The lowest BCUT2D eigenvalue weighted by Gasteiger charge is -2.27. The normalized spacial score (nSPS) is 11.8. The van der Waals surface area contributed by atoms with Crippen LogP contribution in [0, 0.1) is 6.92 Å². The molecular weight excluding hydrogens is 420 g/mol. The first-order chi connectivity index (χ1) is 16.0. The minimum absolute atomic E-state index is 0.0794. The van der Waals surface area contributed by atoms with E-state index in [1.54, 1.807) is 35.2 Å². The number of carbonyl (C=O) groups excluding carboxylic acids is 2. The third-order valence-corrected chi connectivity index (χ3v) is 5.29. The van der Waals surface area contributed by atoms with Gasteiger partial charge in [-0.1, -0.05) is 30.3 Å². The van der Waals surface area contributed by atoms with Crippen molar-refractivity contribution in [3.8, 4) is 11.5 Å². The van der Waals surface area contributed by atoms with Gasteiger partial charge < -0.3 is 23.7 Å². The summed E-state index contributed by atoms with van der Waals surface area (Å²) in [6.07, 6.45) is 1.62. The number of furan rings is 1. The molecule has 0 saturated carbocycles. The maximum absolute atomic E-state index is 13.4. The predicted molar refractivity (Wildman–Crippen MR) is 123 cm³/mol. The van der Waals surface area contributed by atoms with Gasteiger partial charge in [-0.2, -0.15) is 0 Å². The predicted octanol–water partition coefficient (Wildman–Crippen LogP) is 4.17. The summed E-state index contributed by atoms with van der Waals surface area (Å²) in [5, 5.41) is 0. The van der Waals surface area contributed by atoms with Gasteiger partial charge in [-0.25, -0.2) is 0 Å². The fourth-order valence-corrected chi connectivity index (χ4v) is 3.65. The monoisotopic (exact) mass is 446 g/mol. The molecule has 4 rings (SSSR count). The van der Waals surface area contributed by atoms with Crippen LogP contribution >= 0.6 is 0 Å². The van der Waals surface area contributed by atoms with Gasteiger partial charge in [0.05, 0.1) is 6.54 Å². The van der Waals surface area contributed by atoms with E-state index >= 15 is 0 Å². The third kappa shape index (κ3) is 5.44. The van der Waals surface area contributed by atoms with Crippen LogP contribution in [-0.2, 0) is 17.9 Å². The molecule has 170 valence electrons. The molecule has 2 aromatic carbocycles. The van der Waals surface area contributed by atoms with Crippen LogP contribution in [0.5, 0.6) is 11.5 Å². The van der Waals surface area contributed by atoms with E-state index in [4.69, 9.17) is 13.9 Å². The molecule has 7 nitrogen and oxygen atoms in total. The summed E-state index contributed by atoms with van der Waals surface area (Å²) in [4.78, 5) is 29.6. The number of rotatable bonds is 9. The van der Waals surface area contributed by atoms with Crippen molar-refractivity contribution >= 4 is 11.8 Å². The van der Waals surface area contributed by atoms with E-state index in [9.17, 15) is 9.59 Å². The largest absolute Gasteiger partial charge is 0.464 e. The quantitative estimate of drug-likeness (QED) is 0.461. The molecule has 7 heteroatoms. The molecule has 0 saturated heterocycles. The second-order valence-corrected chi connectivity index (χ2v) is 7.79. The van der Waals surface area contributed by atoms with E-state index in [1.807, 2.05) is 43.3 Å².